The number of benzene rings is 2. The molecule has 0 saturated carbocycles. The minimum atomic E-state index is -3.61. The van der Waals surface area contributed by atoms with E-state index in [0.717, 1.165) is 17.1 Å². The summed E-state index contributed by atoms with van der Waals surface area (Å²) in [4.78, 5) is 25.3. The quantitative estimate of drug-likeness (QED) is 0.342. The molecule has 0 bridgehead atoms. The zero-order valence-electron chi connectivity index (χ0n) is 19.1. The maximum atomic E-state index is 12.8. The van der Waals surface area contributed by atoms with Gasteiger partial charge in [0.1, 0.15) is 5.75 Å². The number of ether oxygens (including phenoxy) is 2. The van der Waals surface area contributed by atoms with Crippen molar-refractivity contribution < 1.29 is 27.5 Å². The minimum absolute atomic E-state index is 0.0768. The van der Waals surface area contributed by atoms with Crippen LogP contribution in [0, 0.1) is 13.8 Å². The number of carbonyl (C=O) groups is 2. The summed E-state index contributed by atoms with van der Waals surface area (Å²) in [5.74, 6) is -0.605. The highest BCUT2D eigenvalue weighted by atomic mass is 32.2. The topological polar surface area (TPSA) is 91.7 Å². The highest BCUT2D eigenvalue weighted by molar-refractivity contribution is 7.91. The van der Waals surface area contributed by atoms with E-state index < -0.39 is 22.4 Å². The van der Waals surface area contributed by atoms with Crippen molar-refractivity contribution in [2.24, 2.45) is 0 Å². The second-order valence-electron chi connectivity index (χ2n) is 7.45. The molecular formula is C25H27NO6S. The summed E-state index contributed by atoms with van der Waals surface area (Å²) in [5.41, 5.74) is 2.80. The van der Waals surface area contributed by atoms with Crippen LogP contribution in [0.1, 0.15) is 46.0 Å². The van der Waals surface area contributed by atoms with Gasteiger partial charge in [0.15, 0.2) is 16.4 Å². The highest BCUT2D eigenvalue weighted by Gasteiger charge is 2.23. The van der Waals surface area contributed by atoms with E-state index >= 15 is 0 Å². The fraction of sp³-hybridized carbons (Fsp3) is 0.280. The van der Waals surface area contributed by atoms with E-state index in [1.807, 2.05) is 49.6 Å². The molecule has 0 saturated heterocycles. The van der Waals surface area contributed by atoms with Crippen LogP contribution in [0.5, 0.6) is 5.75 Å². The Morgan fingerprint density at radius 3 is 2.24 bits per heavy atom. The average Bonchev–Trinajstić information content (AvgIpc) is 3.12. The average molecular weight is 470 g/mol. The molecule has 1 aromatic heterocycles. The molecule has 0 atom stereocenters. The number of rotatable bonds is 9. The first-order valence-electron chi connectivity index (χ1n) is 10.6. The van der Waals surface area contributed by atoms with Crippen LogP contribution in [0.25, 0.3) is 5.69 Å². The third-order valence-electron chi connectivity index (χ3n) is 5.29. The van der Waals surface area contributed by atoms with Gasteiger partial charge in [-0.3, -0.25) is 4.79 Å². The van der Waals surface area contributed by atoms with E-state index in [2.05, 4.69) is 0 Å². The lowest BCUT2D eigenvalue weighted by atomic mass is 10.1. The fourth-order valence-corrected chi connectivity index (χ4v) is 4.73. The van der Waals surface area contributed by atoms with Gasteiger partial charge in [0.05, 0.1) is 22.8 Å². The molecule has 0 fully saturated rings. The number of hydrogen-bond acceptors (Lipinski definition) is 6. The molecule has 0 unspecified atom stereocenters. The van der Waals surface area contributed by atoms with Crippen LogP contribution < -0.4 is 4.74 Å². The molecule has 0 aliphatic rings. The lowest BCUT2D eigenvalue weighted by Crippen LogP contribution is -2.17. The summed E-state index contributed by atoms with van der Waals surface area (Å²) < 4.78 is 37.2. The zero-order valence-corrected chi connectivity index (χ0v) is 19.9. The first-order valence-corrected chi connectivity index (χ1v) is 12.3. The number of nitrogens with zero attached hydrogens (tertiary/aromatic N) is 1. The summed E-state index contributed by atoms with van der Waals surface area (Å²) in [7, 11) is -3.61. The van der Waals surface area contributed by atoms with Crippen molar-refractivity contribution >= 4 is 21.6 Å². The van der Waals surface area contributed by atoms with Crippen LogP contribution in [-0.2, 0) is 14.6 Å². The molecule has 0 amide bonds. The smallest absolute Gasteiger partial charge is 0.339 e. The van der Waals surface area contributed by atoms with E-state index in [9.17, 15) is 18.0 Å². The monoisotopic (exact) mass is 469 g/mol. The molecular weight excluding hydrogens is 442 g/mol. The van der Waals surface area contributed by atoms with Crippen LogP contribution >= 0.6 is 0 Å². The number of sulfone groups is 1. The van der Waals surface area contributed by atoms with E-state index in [1.54, 1.807) is 18.2 Å². The summed E-state index contributed by atoms with van der Waals surface area (Å²) in [6, 6.07) is 15.1. The predicted molar refractivity (Wildman–Crippen MR) is 125 cm³/mol. The van der Waals surface area contributed by atoms with Crippen LogP contribution in [0.3, 0.4) is 0 Å². The van der Waals surface area contributed by atoms with Gasteiger partial charge < -0.3 is 14.0 Å². The van der Waals surface area contributed by atoms with Gasteiger partial charge in [0, 0.05) is 22.6 Å². The molecule has 3 rings (SSSR count). The number of esters is 1. The van der Waals surface area contributed by atoms with Crippen molar-refractivity contribution in [3.8, 4) is 11.4 Å². The normalized spacial score (nSPS) is 11.3. The summed E-state index contributed by atoms with van der Waals surface area (Å²) in [6.07, 6.45) is 0. The van der Waals surface area contributed by atoms with Crippen LogP contribution in [0.2, 0.25) is 0 Å². The van der Waals surface area contributed by atoms with Crippen molar-refractivity contribution in [3.63, 3.8) is 0 Å². The third kappa shape index (κ3) is 5.17. The van der Waals surface area contributed by atoms with Crippen LogP contribution in [0.15, 0.2) is 59.5 Å². The molecule has 1 heterocycles. The Bertz CT molecular complexity index is 1270. The van der Waals surface area contributed by atoms with Gasteiger partial charge >= 0.3 is 5.97 Å². The number of aryl methyl sites for hydroxylation is 1. The highest BCUT2D eigenvalue weighted by Crippen LogP contribution is 2.24. The third-order valence-corrected chi connectivity index (χ3v) is 7.08. The lowest BCUT2D eigenvalue weighted by molar-refractivity contribution is 0.0471. The predicted octanol–water partition coefficient (Wildman–Crippen LogP) is 4.33. The van der Waals surface area contributed by atoms with Gasteiger partial charge in [-0.05, 0) is 63.2 Å². The lowest BCUT2D eigenvalue weighted by Gasteiger charge is -2.11. The molecule has 0 aliphatic heterocycles. The standard InChI is InChI=1S/C25H27NO6S/c1-5-31-20-13-11-19(12-14-20)26-17(3)15-22(18(26)4)23(27)16-32-25(28)21-9-7-8-10-24(21)33(29,30)6-2/h7-15H,5-6,16H2,1-4H3. The van der Waals surface area contributed by atoms with Crippen molar-refractivity contribution in [3.05, 3.63) is 77.1 Å². The van der Waals surface area contributed by atoms with Crippen molar-refractivity contribution in [2.45, 2.75) is 32.6 Å². The van der Waals surface area contributed by atoms with Crippen molar-refractivity contribution in [2.75, 3.05) is 19.0 Å². The number of Topliss-reactive ketones (excluding diaryl/α,β-unsaturated/α-hetero) is 1. The Labute approximate surface area is 193 Å². The van der Waals surface area contributed by atoms with E-state index in [0.29, 0.717) is 17.9 Å². The van der Waals surface area contributed by atoms with E-state index in [-0.39, 0.29) is 22.0 Å². The molecule has 0 N–H and O–H groups in total. The van der Waals surface area contributed by atoms with Gasteiger partial charge in [0.25, 0.3) is 0 Å². The first-order chi connectivity index (χ1) is 15.7. The Morgan fingerprint density at radius 2 is 1.61 bits per heavy atom. The van der Waals surface area contributed by atoms with Crippen molar-refractivity contribution in [1.29, 1.82) is 0 Å². The maximum Gasteiger partial charge on any atom is 0.339 e. The molecule has 0 aliphatic carbocycles. The number of aromatic nitrogens is 1. The maximum absolute atomic E-state index is 12.8. The Hall–Kier alpha value is -3.39. The molecule has 0 spiro atoms. The van der Waals surface area contributed by atoms with Gasteiger partial charge in [-0.1, -0.05) is 19.1 Å². The molecule has 0 radical (unpaired) electrons. The number of carbonyl (C=O) groups excluding carboxylic acids is 2. The Balaban J connectivity index is 1.79. The molecule has 7 nitrogen and oxygen atoms in total. The van der Waals surface area contributed by atoms with Gasteiger partial charge in [-0.25, -0.2) is 13.2 Å². The second kappa shape index (κ2) is 10.0. The van der Waals surface area contributed by atoms with Crippen molar-refractivity contribution in [1.82, 2.24) is 4.57 Å². The van der Waals surface area contributed by atoms with E-state index in [4.69, 9.17) is 9.47 Å². The molecule has 8 heteroatoms. The molecule has 33 heavy (non-hydrogen) atoms. The second-order valence-corrected chi connectivity index (χ2v) is 9.69. The number of ketones is 1. The van der Waals surface area contributed by atoms with Crippen LogP contribution in [-0.4, -0.2) is 43.7 Å². The van der Waals surface area contributed by atoms with Gasteiger partial charge in [-0.15, -0.1) is 0 Å². The Morgan fingerprint density at radius 1 is 0.939 bits per heavy atom. The first kappa shape index (κ1) is 24.3. The zero-order chi connectivity index (χ0) is 24.2. The number of hydrogen-bond donors (Lipinski definition) is 0. The summed E-state index contributed by atoms with van der Waals surface area (Å²) in [6.45, 7) is 7.21. The molecule has 3 aromatic rings. The van der Waals surface area contributed by atoms with Gasteiger partial charge in [-0.2, -0.15) is 0 Å². The Kier molecular flexibility index (Phi) is 7.38. The largest absolute Gasteiger partial charge is 0.494 e. The van der Waals surface area contributed by atoms with Crippen LogP contribution in [0.4, 0.5) is 0 Å². The van der Waals surface area contributed by atoms with Gasteiger partial charge in [0.2, 0.25) is 5.78 Å². The molecule has 174 valence electrons. The SMILES string of the molecule is CCOc1ccc(-n2c(C)cc(C(=O)COC(=O)c3ccccc3S(=O)(=O)CC)c2C)cc1. The summed E-state index contributed by atoms with van der Waals surface area (Å²) in [5, 5.41) is 0. The fourth-order valence-electron chi connectivity index (χ4n) is 3.65. The van der Waals surface area contributed by atoms with E-state index in [1.165, 1.54) is 19.1 Å². The minimum Gasteiger partial charge on any atom is -0.494 e. The summed E-state index contributed by atoms with van der Waals surface area (Å²) >= 11 is 0. The molecule has 2 aromatic carbocycles.